The van der Waals surface area contributed by atoms with Gasteiger partial charge in [-0.1, -0.05) is 61.3 Å². The van der Waals surface area contributed by atoms with Gasteiger partial charge in [-0.25, -0.2) is 4.31 Å². The normalized spacial score (nSPS) is 11.6. The molecule has 7 heteroatoms. The summed E-state index contributed by atoms with van der Waals surface area (Å²) in [5.41, 5.74) is 2.01. The van der Waals surface area contributed by atoms with E-state index in [2.05, 4.69) is 22.6 Å². The largest absolute Gasteiger partial charge is 0.324 e. The number of nitrogens with zero attached hydrogens (tertiary/aromatic N) is 1. The van der Waals surface area contributed by atoms with Gasteiger partial charge in [-0.3, -0.25) is 4.79 Å². The summed E-state index contributed by atoms with van der Waals surface area (Å²) in [6.45, 7) is 4.09. The van der Waals surface area contributed by atoms with Gasteiger partial charge in [0.25, 0.3) is 5.91 Å². The molecule has 24 heavy (non-hydrogen) atoms. The van der Waals surface area contributed by atoms with Crippen molar-refractivity contribution in [1.82, 2.24) is 0 Å². The smallest absolute Gasteiger partial charge is 0.268 e. The zero-order chi connectivity index (χ0) is 17.9. The Morgan fingerprint density at radius 2 is 1.88 bits per heavy atom. The van der Waals surface area contributed by atoms with Crippen molar-refractivity contribution in [2.45, 2.75) is 23.7 Å². The highest BCUT2D eigenvalue weighted by Crippen LogP contribution is 2.42. The summed E-state index contributed by atoms with van der Waals surface area (Å²) in [5, 5.41) is 0. The first-order valence-corrected chi connectivity index (χ1v) is 9.74. The van der Waals surface area contributed by atoms with Crippen molar-refractivity contribution in [3.05, 3.63) is 63.2 Å². The number of hydrogen-bond donors (Lipinski definition) is 0. The lowest BCUT2D eigenvalue weighted by molar-refractivity contribution is 0.101. The summed E-state index contributed by atoms with van der Waals surface area (Å²) in [6, 6.07) is 14.4. The minimum atomic E-state index is -2.62. The molecular formula is C17H15Cl2FINOS. The van der Waals surface area contributed by atoms with Crippen LogP contribution in [0.15, 0.2) is 48.5 Å². The molecule has 0 aromatic heterocycles. The average Bonchev–Trinajstić information content (AvgIpc) is 2.52. The van der Waals surface area contributed by atoms with Gasteiger partial charge < -0.3 is 0 Å². The van der Waals surface area contributed by atoms with Crippen LogP contribution >= 0.6 is 57.7 Å². The Bertz CT molecular complexity index is 737. The molecule has 0 atom stereocenters. The first-order valence-electron chi connectivity index (χ1n) is 7.14. The third kappa shape index (κ3) is 5.25. The third-order valence-electron chi connectivity index (χ3n) is 3.25. The number of carbonyl (C=O) groups is 1. The summed E-state index contributed by atoms with van der Waals surface area (Å²) in [7, 11) is 0. The molecule has 2 aromatic rings. The maximum absolute atomic E-state index is 13.9. The predicted octanol–water partition coefficient (Wildman–Crippen LogP) is 6.77. The molecule has 2 aromatic carbocycles. The van der Waals surface area contributed by atoms with Gasteiger partial charge in [0.2, 0.25) is 0 Å². The van der Waals surface area contributed by atoms with Gasteiger partial charge in [0.05, 0.1) is 11.3 Å². The summed E-state index contributed by atoms with van der Waals surface area (Å²) in [6.07, 6.45) is 0. The monoisotopic (exact) mass is 497 g/mol. The molecule has 128 valence electrons. The third-order valence-corrected chi connectivity index (χ3v) is 5.38. The van der Waals surface area contributed by atoms with Crippen molar-refractivity contribution in [2.75, 3.05) is 4.31 Å². The molecule has 0 radical (unpaired) electrons. The lowest BCUT2D eigenvalue weighted by atomic mass is 10.0. The molecule has 0 unspecified atom stereocenters. The Balaban J connectivity index is 2.47. The number of amides is 1. The Morgan fingerprint density at radius 3 is 2.46 bits per heavy atom. The van der Waals surface area contributed by atoms with E-state index >= 15 is 0 Å². The van der Waals surface area contributed by atoms with E-state index in [0.717, 1.165) is 9.13 Å². The first kappa shape index (κ1) is 19.8. The van der Waals surface area contributed by atoms with Gasteiger partial charge in [0.15, 0.2) is 0 Å². The van der Waals surface area contributed by atoms with Crippen molar-refractivity contribution >= 4 is 69.3 Å². The van der Waals surface area contributed by atoms with Crippen LogP contribution in [0.4, 0.5) is 10.1 Å². The van der Waals surface area contributed by atoms with Crippen LogP contribution in [0.5, 0.6) is 0 Å². The minimum Gasteiger partial charge on any atom is -0.268 e. The van der Waals surface area contributed by atoms with Crippen molar-refractivity contribution in [3.8, 4) is 0 Å². The second-order valence-electron chi connectivity index (χ2n) is 5.37. The second kappa shape index (κ2) is 8.25. The van der Waals surface area contributed by atoms with E-state index in [9.17, 15) is 9.18 Å². The highest BCUT2D eigenvalue weighted by atomic mass is 127. The van der Waals surface area contributed by atoms with Crippen LogP contribution < -0.4 is 4.31 Å². The molecular weight excluding hydrogens is 483 g/mol. The van der Waals surface area contributed by atoms with E-state index in [0.29, 0.717) is 23.2 Å². The summed E-state index contributed by atoms with van der Waals surface area (Å²) >= 11 is 13.5. The van der Waals surface area contributed by atoms with E-state index in [-0.39, 0.29) is 11.8 Å². The van der Waals surface area contributed by atoms with Gasteiger partial charge in [-0.2, -0.15) is 4.39 Å². The molecule has 0 aliphatic heterocycles. The Morgan fingerprint density at radius 1 is 1.21 bits per heavy atom. The van der Waals surface area contributed by atoms with Gasteiger partial charge in [0, 0.05) is 15.5 Å². The van der Waals surface area contributed by atoms with Crippen LogP contribution in [-0.2, 0) is 0 Å². The molecule has 2 nitrogen and oxygen atoms in total. The highest BCUT2D eigenvalue weighted by molar-refractivity contribution is 14.1. The standard InChI is InChI=1S/C17H15Cl2FINOS/c1-11(2)12-6-5-7-13(10-12)22(24-17(18,19)20)16(23)14-8-3-4-9-15(14)21/h3-11H,1-2H3. The Kier molecular flexibility index (Phi) is 6.82. The molecule has 0 saturated carbocycles. The van der Waals surface area contributed by atoms with Crippen molar-refractivity contribution in [2.24, 2.45) is 0 Å². The number of carbonyl (C=O) groups excluding carboxylic acids is 1. The topological polar surface area (TPSA) is 20.3 Å². The number of alkyl halides is 3. The first-order chi connectivity index (χ1) is 11.2. The lowest BCUT2D eigenvalue weighted by Gasteiger charge is -2.25. The van der Waals surface area contributed by atoms with Crippen LogP contribution in [0.1, 0.15) is 35.7 Å². The maximum Gasteiger partial charge on any atom is 0.324 e. The van der Waals surface area contributed by atoms with Gasteiger partial charge in [-0.05, 0) is 58.3 Å². The van der Waals surface area contributed by atoms with Crippen molar-refractivity contribution in [3.63, 3.8) is 0 Å². The molecule has 0 N–H and O–H groups in total. The molecule has 0 spiro atoms. The van der Waals surface area contributed by atoms with Crippen molar-refractivity contribution in [1.29, 1.82) is 0 Å². The molecule has 1 amide bonds. The molecule has 0 bridgehead atoms. The zero-order valence-corrected chi connectivity index (χ0v) is 17.5. The lowest BCUT2D eigenvalue weighted by Crippen LogP contribution is -2.28. The van der Waals surface area contributed by atoms with E-state index in [4.69, 9.17) is 23.2 Å². The van der Waals surface area contributed by atoms with E-state index in [1.807, 2.05) is 44.2 Å². The van der Waals surface area contributed by atoms with Gasteiger partial charge >= 0.3 is 3.92 Å². The maximum atomic E-state index is 13.9. The molecule has 0 aliphatic rings. The molecule has 0 saturated heterocycles. The van der Waals surface area contributed by atoms with Gasteiger partial charge in [-0.15, -0.1) is 0 Å². The van der Waals surface area contributed by atoms with Crippen LogP contribution in [0.25, 0.3) is 0 Å². The highest BCUT2D eigenvalue weighted by Gasteiger charge is 2.32. The van der Waals surface area contributed by atoms with E-state index in [1.165, 1.54) is 4.31 Å². The fraction of sp³-hybridized carbons (Fsp3) is 0.235. The number of hydrogen-bond acceptors (Lipinski definition) is 2. The van der Waals surface area contributed by atoms with Crippen molar-refractivity contribution < 1.29 is 9.18 Å². The number of halogens is 4. The predicted molar refractivity (Wildman–Crippen MR) is 110 cm³/mol. The SMILES string of the molecule is CC(C)c1cccc(N(SC(F)(Cl)Cl)C(=O)c2ccccc2I)c1. The summed E-state index contributed by atoms with van der Waals surface area (Å²) in [5.74, 6) is -0.111. The second-order valence-corrected chi connectivity index (χ2v) is 9.32. The van der Waals surface area contributed by atoms with Crippen LogP contribution in [-0.4, -0.2) is 9.83 Å². The van der Waals surface area contributed by atoms with Crippen LogP contribution in [0, 0.1) is 3.57 Å². The Labute approximate surface area is 169 Å². The van der Waals surface area contributed by atoms with E-state index < -0.39 is 3.92 Å². The number of rotatable bonds is 5. The quantitative estimate of drug-likeness (QED) is 0.258. The fourth-order valence-electron chi connectivity index (χ4n) is 2.07. The molecule has 0 fully saturated rings. The Hall–Kier alpha value is -0.500. The number of benzene rings is 2. The molecule has 0 aliphatic carbocycles. The van der Waals surface area contributed by atoms with Crippen LogP contribution in [0.3, 0.4) is 0 Å². The van der Waals surface area contributed by atoms with Gasteiger partial charge in [0.1, 0.15) is 0 Å². The molecule has 0 heterocycles. The summed E-state index contributed by atoms with van der Waals surface area (Å²) in [4.78, 5) is 12.9. The number of anilines is 1. The fourth-order valence-corrected chi connectivity index (χ4v) is 3.71. The van der Waals surface area contributed by atoms with E-state index in [1.54, 1.807) is 18.2 Å². The minimum absolute atomic E-state index is 0.269. The zero-order valence-electron chi connectivity index (χ0n) is 13.0. The summed E-state index contributed by atoms with van der Waals surface area (Å²) < 4.78 is 13.2. The average molecular weight is 498 g/mol. The van der Waals surface area contributed by atoms with Crippen LogP contribution in [0.2, 0.25) is 0 Å². The molecule has 2 rings (SSSR count).